The van der Waals surface area contributed by atoms with Crippen LogP contribution in [0.1, 0.15) is 25.3 Å². The van der Waals surface area contributed by atoms with Crippen molar-refractivity contribution in [2.45, 2.75) is 25.3 Å². The highest BCUT2D eigenvalue weighted by molar-refractivity contribution is 5.85. The number of benzene rings is 1. The van der Waals surface area contributed by atoms with Crippen LogP contribution < -0.4 is 5.73 Å². The molecule has 1 aliphatic carbocycles. The maximum absolute atomic E-state index is 12.6. The van der Waals surface area contributed by atoms with Gasteiger partial charge >= 0.3 is 0 Å². The van der Waals surface area contributed by atoms with Crippen LogP contribution in [-0.2, 0) is 5.54 Å². The summed E-state index contributed by atoms with van der Waals surface area (Å²) in [6.07, 6.45) is 2.03. The molecule has 1 fully saturated rings. The zero-order chi connectivity index (χ0) is 9.47. The van der Waals surface area contributed by atoms with Crippen LogP contribution in [0.2, 0.25) is 0 Å². The Labute approximate surface area is 89.9 Å². The average Bonchev–Trinajstić information content (AvgIpc) is 2.03. The van der Waals surface area contributed by atoms with Crippen molar-refractivity contribution in [2.75, 3.05) is 0 Å². The van der Waals surface area contributed by atoms with Gasteiger partial charge in [-0.1, -0.05) is 19.1 Å². The van der Waals surface area contributed by atoms with Gasteiger partial charge in [0, 0.05) is 5.54 Å². The number of rotatable bonds is 1. The first-order valence-corrected chi connectivity index (χ1v) is 4.65. The summed E-state index contributed by atoms with van der Waals surface area (Å²) in [7, 11) is 0. The molecule has 0 spiro atoms. The van der Waals surface area contributed by atoms with Crippen LogP contribution >= 0.6 is 12.4 Å². The van der Waals surface area contributed by atoms with Gasteiger partial charge in [0.2, 0.25) is 0 Å². The second kappa shape index (κ2) is 3.87. The van der Waals surface area contributed by atoms with Crippen molar-refractivity contribution in [1.82, 2.24) is 0 Å². The highest BCUT2D eigenvalue weighted by Crippen LogP contribution is 2.42. The van der Waals surface area contributed by atoms with Crippen molar-refractivity contribution in [3.8, 4) is 0 Å². The summed E-state index contributed by atoms with van der Waals surface area (Å²) in [5.74, 6) is 0.509. The third kappa shape index (κ3) is 1.91. The predicted molar refractivity (Wildman–Crippen MR) is 57.9 cm³/mol. The first kappa shape index (κ1) is 11.5. The Balaban J connectivity index is 0.000000980. The molecular formula is C11H15ClFN. The highest BCUT2D eigenvalue weighted by atomic mass is 35.5. The normalized spacial score (nSPS) is 30.4. The lowest BCUT2D eigenvalue weighted by Crippen LogP contribution is -2.47. The quantitative estimate of drug-likeness (QED) is 0.766. The molecule has 0 aliphatic heterocycles. The lowest BCUT2D eigenvalue weighted by molar-refractivity contribution is 0.164. The molecule has 0 atom stereocenters. The average molecular weight is 216 g/mol. The van der Waals surface area contributed by atoms with Crippen LogP contribution in [0.25, 0.3) is 0 Å². The minimum absolute atomic E-state index is 0. The maximum Gasteiger partial charge on any atom is 0.123 e. The summed E-state index contributed by atoms with van der Waals surface area (Å²) in [6.45, 7) is 2.19. The smallest absolute Gasteiger partial charge is 0.123 e. The number of hydrogen-bond acceptors (Lipinski definition) is 1. The van der Waals surface area contributed by atoms with Crippen LogP contribution in [0.15, 0.2) is 24.3 Å². The van der Waals surface area contributed by atoms with Crippen molar-refractivity contribution < 1.29 is 4.39 Å². The molecule has 1 saturated carbocycles. The number of nitrogens with two attached hydrogens (primary N) is 1. The standard InChI is InChI=1S/C11H14FN.ClH/c1-8-6-11(13,7-8)9-2-4-10(12)5-3-9;/h2-5,8H,6-7,13H2,1H3;1H. The van der Waals surface area contributed by atoms with Gasteiger partial charge in [0.05, 0.1) is 0 Å². The Morgan fingerprint density at radius 2 is 1.79 bits per heavy atom. The predicted octanol–water partition coefficient (Wildman–Crippen LogP) is 2.83. The summed E-state index contributed by atoms with van der Waals surface area (Å²) in [4.78, 5) is 0. The van der Waals surface area contributed by atoms with Crippen molar-refractivity contribution in [1.29, 1.82) is 0 Å². The lowest BCUT2D eigenvalue weighted by Gasteiger charge is -2.44. The first-order valence-electron chi connectivity index (χ1n) is 4.65. The minimum Gasteiger partial charge on any atom is -0.321 e. The van der Waals surface area contributed by atoms with Crippen molar-refractivity contribution >= 4 is 12.4 Å². The lowest BCUT2D eigenvalue weighted by atomic mass is 9.66. The molecule has 0 aromatic heterocycles. The van der Waals surface area contributed by atoms with Crippen molar-refractivity contribution in [2.24, 2.45) is 11.7 Å². The summed E-state index contributed by atoms with van der Waals surface area (Å²) < 4.78 is 12.6. The second-order valence-corrected chi connectivity index (χ2v) is 4.18. The molecule has 2 rings (SSSR count). The maximum atomic E-state index is 12.6. The van der Waals surface area contributed by atoms with E-state index in [2.05, 4.69) is 6.92 Å². The van der Waals surface area contributed by atoms with E-state index >= 15 is 0 Å². The summed E-state index contributed by atoms with van der Waals surface area (Å²) >= 11 is 0. The van der Waals surface area contributed by atoms with Gasteiger partial charge in [0.15, 0.2) is 0 Å². The molecule has 1 aromatic rings. The Morgan fingerprint density at radius 1 is 1.29 bits per heavy atom. The van der Waals surface area contributed by atoms with Crippen molar-refractivity contribution in [3.63, 3.8) is 0 Å². The molecule has 78 valence electrons. The van der Waals surface area contributed by atoms with E-state index in [0.717, 1.165) is 18.4 Å². The Kier molecular flexibility index (Phi) is 3.17. The topological polar surface area (TPSA) is 26.0 Å². The van der Waals surface area contributed by atoms with Gasteiger partial charge in [-0.25, -0.2) is 4.39 Å². The van der Waals surface area contributed by atoms with E-state index in [9.17, 15) is 4.39 Å². The fourth-order valence-corrected chi connectivity index (χ4v) is 2.20. The van der Waals surface area contributed by atoms with Gasteiger partial charge in [-0.05, 0) is 36.5 Å². The molecule has 0 radical (unpaired) electrons. The van der Waals surface area contributed by atoms with E-state index < -0.39 is 0 Å². The molecular weight excluding hydrogens is 201 g/mol. The van der Waals surface area contributed by atoms with Gasteiger partial charge in [-0.2, -0.15) is 0 Å². The van der Waals surface area contributed by atoms with E-state index in [0.29, 0.717) is 5.92 Å². The summed E-state index contributed by atoms with van der Waals surface area (Å²) in [5.41, 5.74) is 7.02. The minimum atomic E-state index is -0.195. The van der Waals surface area contributed by atoms with Crippen LogP contribution in [0.4, 0.5) is 4.39 Å². The first-order chi connectivity index (χ1) is 6.10. The Hall–Kier alpha value is -0.600. The van der Waals surface area contributed by atoms with E-state index in [4.69, 9.17) is 5.73 Å². The molecule has 3 heteroatoms. The number of hydrogen-bond donors (Lipinski definition) is 1. The highest BCUT2D eigenvalue weighted by Gasteiger charge is 2.39. The van der Waals surface area contributed by atoms with Gasteiger partial charge in [-0.15, -0.1) is 12.4 Å². The van der Waals surface area contributed by atoms with Gasteiger partial charge in [0.1, 0.15) is 5.82 Å². The summed E-state index contributed by atoms with van der Waals surface area (Å²) in [6, 6.07) is 6.54. The van der Waals surface area contributed by atoms with E-state index in [-0.39, 0.29) is 23.8 Å². The second-order valence-electron chi connectivity index (χ2n) is 4.18. The van der Waals surface area contributed by atoms with Crippen molar-refractivity contribution in [3.05, 3.63) is 35.6 Å². The molecule has 14 heavy (non-hydrogen) atoms. The molecule has 0 heterocycles. The molecule has 1 nitrogen and oxygen atoms in total. The Morgan fingerprint density at radius 3 is 2.21 bits per heavy atom. The molecule has 0 bridgehead atoms. The van der Waals surface area contributed by atoms with E-state index in [1.54, 1.807) is 12.1 Å². The van der Waals surface area contributed by atoms with Gasteiger partial charge in [0.25, 0.3) is 0 Å². The molecule has 0 saturated heterocycles. The van der Waals surface area contributed by atoms with Crippen LogP contribution in [0, 0.1) is 11.7 Å². The molecule has 2 N–H and O–H groups in total. The van der Waals surface area contributed by atoms with Crippen LogP contribution in [-0.4, -0.2) is 0 Å². The fourth-order valence-electron chi connectivity index (χ4n) is 2.20. The summed E-state index contributed by atoms with van der Waals surface area (Å²) in [5, 5.41) is 0. The fraction of sp³-hybridized carbons (Fsp3) is 0.455. The van der Waals surface area contributed by atoms with E-state index in [1.807, 2.05) is 0 Å². The van der Waals surface area contributed by atoms with Crippen LogP contribution in [0.3, 0.4) is 0 Å². The van der Waals surface area contributed by atoms with E-state index in [1.165, 1.54) is 12.1 Å². The third-order valence-electron chi connectivity index (χ3n) is 2.84. The monoisotopic (exact) mass is 215 g/mol. The molecule has 1 aliphatic rings. The molecule has 1 aromatic carbocycles. The largest absolute Gasteiger partial charge is 0.321 e. The zero-order valence-corrected chi connectivity index (χ0v) is 8.98. The molecule has 0 amide bonds. The Bertz CT molecular complexity index is 304. The molecule has 0 unspecified atom stereocenters. The zero-order valence-electron chi connectivity index (χ0n) is 8.16. The van der Waals surface area contributed by atoms with Gasteiger partial charge < -0.3 is 5.73 Å². The van der Waals surface area contributed by atoms with Crippen LogP contribution in [0.5, 0.6) is 0 Å². The number of halogens is 2. The SMILES string of the molecule is CC1CC(N)(c2ccc(F)cc2)C1.Cl. The third-order valence-corrected chi connectivity index (χ3v) is 2.84. The van der Waals surface area contributed by atoms with Gasteiger partial charge in [-0.3, -0.25) is 0 Å².